The number of carbonyl (C=O) groups is 1. The van der Waals surface area contributed by atoms with Gasteiger partial charge in [0.1, 0.15) is 18.2 Å². The molecule has 3 heterocycles. The van der Waals surface area contributed by atoms with Crippen LogP contribution in [0.15, 0.2) is 36.7 Å². The number of aryl methyl sites for hydroxylation is 1. The van der Waals surface area contributed by atoms with E-state index in [0.717, 1.165) is 42.6 Å². The first-order valence-corrected chi connectivity index (χ1v) is 12.7. The number of piperazine rings is 1. The van der Waals surface area contributed by atoms with Gasteiger partial charge in [-0.2, -0.15) is 5.26 Å². The molecule has 2 saturated heterocycles. The Morgan fingerprint density at radius 3 is 2.86 bits per heavy atom. The summed E-state index contributed by atoms with van der Waals surface area (Å²) in [5, 5.41) is 20.7. The number of benzene rings is 2. The first-order valence-electron chi connectivity index (χ1n) is 12.7. The third-order valence-corrected chi connectivity index (χ3v) is 8.07. The number of rotatable bonds is 3. The van der Waals surface area contributed by atoms with Crippen LogP contribution in [0.3, 0.4) is 0 Å². The Labute approximate surface area is 214 Å². The molecule has 3 aromatic rings. The number of nitriles is 1. The molecule has 6 rings (SSSR count). The summed E-state index contributed by atoms with van der Waals surface area (Å²) in [5.41, 5.74) is 4.77. The molecule has 10 heteroatoms. The van der Waals surface area contributed by atoms with Crippen LogP contribution in [-0.2, 0) is 16.0 Å². The van der Waals surface area contributed by atoms with Gasteiger partial charge in [0.05, 0.1) is 35.9 Å². The highest BCUT2D eigenvalue weighted by molar-refractivity contribution is 5.84. The van der Waals surface area contributed by atoms with E-state index in [1.54, 1.807) is 24.0 Å². The number of carbonyl (C=O) groups excluding carboxylic acids is 1. The molecule has 0 spiro atoms. The largest absolute Gasteiger partial charge is 0.370 e. The molecule has 3 atom stereocenters. The lowest BCUT2D eigenvalue weighted by atomic mass is 9.81. The van der Waals surface area contributed by atoms with Gasteiger partial charge >= 0.3 is 0 Å². The maximum absolute atomic E-state index is 14.0. The van der Waals surface area contributed by atoms with Crippen molar-refractivity contribution in [3.8, 4) is 11.8 Å². The normalized spacial score (nSPS) is 23.7. The highest BCUT2D eigenvalue weighted by Crippen LogP contribution is 2.36. The summed E-state index contributed by atoms with van der Waals surface area (Å²) in [6, 6.07) is 11.3. The minimum atomic E-state index is -0.500. The van der Waals surface area contributed by atoms with E-state index < -0.39 is 5.82 Å². The molecule has 1 aromatic heterocycles. The monoisotopic (exact) mass is 501 g/mol. The van der Waals surface area contributed by atoms with Gasteiger partial charge in [0.2, 0.25) is 5.91 Å². The van der Waals surface area contributed by atoms with Crippen molar-refractivity contribution >= 4 is 5.91 Å². The first-order chi connectivity index (χ1) is 18.0. The standard InChI is InChI=1S/C27H28FN7O2/c1-17-21(7-8-25(28)24(17)12-29)26-14-33-9-10-34(13-20(33)15-37-26)27(36)23-4-2-3-18-11-19(5-6-22(18)23)35-16-30-31-32-35/h5-8,11,16,20,23,26H,2-4,9-10,13-15H2,1H3/t20-,23?,26+/m0/s1. The van der Waals surface area contributed by atoms with E-state index in [1.807, 2.05) is 17.0 Å². The number of tetrazole rings is 1. The molecule has 0 radical (unpaired) electrons. The van der Waals surface area contributed by atoms with Crippen LogP contribution in [0, 0.1) is 24.1 Å². The minimum absolute atomic E-state index is 0.0801. The van der Waals surface area contributed by atoms with Gasteiger partial charge in [-0.25, -0.2) is 9.07 Å². The van der Waals surface area contributed by atoms with Crippen LogP contribution in [0.25, 0.3) is 5.69 Å². The molecule has 0 saturated carbocycles. The third kappa shape index (κ3) is 4.28. The summed E-state index contributed by atoms with van der Waals surface area (Å²) in [5.74, 6) is -0.451. The van der Waals surface area contributed by atoms with Crippen LogP contribution in [0.2, 0.25) is 0 Å². The smallest absolute Gasteiger partial charge is 0.230 e. The predicted molar refractivity (Wildman–Crippen MR) is 131 cm³/mol. The lowest BCUT2D eigenvalue weighted by Crippen LogP contribution is -2.60. The zero-order valence-electron chi connectivity index (χ0n) is 20.7. The van der Waals surface area contributed by atoms with Crippen molar-refractivity contribution in [3.63, 3.8) is 0 Å². The Balaban J connectivity index is 1.14. The predicted octanol–water partition coefficient (Wildman–Crippen LogP) is 2.69. The van der Waals surface area contributed by atoms with Crippen molar-refractivity contribution in [1.82, 2.24) is 30.0 Å². The molecule has 9 nitrogen and oxygen atoms in total. The molecule has 0 bridgehead atoms. The topological polar surface area (TPSA) is 100 Å². The van der Waals surface area contributed by atoms with Crippen molar-refractivity contribution in [2.24, 2.45) is 0 Å². The molecular weight excluding hydrogens is 473 g/mol. The van der Waals surface area contributed by atoms with Gasteiger partial charge in [-0.05, 0) is 77.1 Å². The Morgan fingerprint density at radius 2 is 2.05 bits per heavy atom. The fourth-order valence-electron chi connectivity index (χ4n) is 6.05. The van der Waals surface area contributed by atoms with Crippen LogP contribution in [0.4, 0.5) is 4.39 Å². The Kier molecular flexibility index (Phi) is 6.18. The van der Waals surface area contributed by atoms with Gasteiger partial charge in [0.15, 0.2) is 0 Å². The van der Waals surface area contributed by atoms with E-state index in [-0.39, 0.29) is 29.5 Å². The Morgan fingerprint density at radius 1 is 1.19 bits per heavy atom. The number of morpholine rings is 1. The fraction of sp³-hybridized carbons (Fsp3) is 0.444. The number of hydrogen-bond acceptors (Lipinski definition) is 7. The second-order valence-corrected chi connectivity index (χ2v) is 10.1. The number of amides is 1. The number of hydrogen-bond donors (Lipinski definition) is 0. The van der Waals surface area contributed by atoms with E-state index in [1.165, 1.54) is 11.6 Å². The lowest BCUT2D eigenvalue weighted by molar-refractivity contribution is -0.142. The molecule has 190 valence electrons. The zero-order chi connectivity index (χ0) is 25.5. The van der Waals surface area contributed by atoms with Crippen LogP contribution in [0.1, 0.15) is 52.7 Å². The Bertz CT molecular complexity index is 1370. The first kappa shape index (κ1) is 23.7. The van der Waals surface area contributed by atoms with Gasteiger partial charge in [-0.15, -0.1) is 5.10 Å². The average Bonchev–Trinajstić information content (AvgIpc) is 3.47. The van der Waals surface area contributed by atoms with E-state index >= 15 is 0 Å². The zero-order valence-corrected chi connectivity index (χ0v) is 20.7. The maximum Gasteiger partial charge on any atom is 0.230 e. The van der Waals surface area contributed by atoms with Crippen LogP contribution in [-0.4, -0.2) is 74.7 Å². The van der Waals surface area contributed by atoms with Crippen LogP contribution < -0.4 is 0 Å². The van der Waals surface area contributed by atoms with Crippen LogP contribution in [0.5, 0.6) is 0 Å². The molecule has 3 aliphatic rings. The number of aromatic nitrogens is 4. The van der Waals surface area contributed by atoms with E-state index in [0.29, 0.717) is 31.8 Å². The number of nitrogens with zero attached hydrogens (tertiary/aromatic N) is 7. The van der Waals surface area contributed by atoms with E-state index in [2.05, 4.69) is 32.6 Å². The summed E-state index contributed by atoms with van der Waals surface area (Å²) in [7, 11) is 0. The number of fused-ring (bicyclic) bond motifs is 2. The summed E-state index contributed by atoms with van der Waals surface area (Å²) in [6.07, 6.45) is 4.12. The molecule has 2 fully saturated rings. The molecule has 1 aliphatic carbocycles. The van der Waals surface area contributed by atoms with Gasteiger partial charge in [0, 0.05) is 26.2 Å². The molecule has 2 aliphatic heterocycles. The lowest BCUT2D eigenvalue weighted by Gasteiger charge is -2.47. The quantitative estimate of drug-likeness (QED) is 0.544. The molecular formula is C27H28FN7O2. The minimum Gasteiger partial charge on any atom is -0.370 e. The van der Waals surface area contributed by atoms with Crippen molar-refractivity contribution in [2.45, 2.75) is 44.2 Å². The molecule has 1 unspecified atom stereocenters. The van der Waals surface area contributed by atoms with Gasteiger partial charge in [-0.1, -0.05) is 12.1 Å². The van der Waals surface area contributed by atoms with Crippen LogP contribution >= 0.6 is 0 Å². The van der Waals surface area contributed by atoms with Gasteiger partial charge in [0.25, 0.3) is 0 Å². The highest BCUT2D eigenvalue weighted by Gasteiger charge is 2.38. The maximum atomic E-state index is 14.0. The Hall–Kier alpha value is -3.68. The second kappa shape index (κ2) is 9.65. The summed E-state index contributed by atoms with van der Waals surface area (Å²) >= 11 is 0. The molecule has 37 heavy (non-hydrogen) atoms. The van der Waals surface area contributed by atoms with Gasteiger partial charge < -0.3 is 9.64 Å². The summed E-state index contributed by atoms with van der Waals surface area (Å²) < 4.78 is 21.8. The van der Waals surface area contributed by atoms with Gasteiger partial charge in [-0.3, -0.25) is 9.69 Å². The highest BCUT2D eigenvalue weighted by atomic mass is 19.1. The fourth-order valence-corrected chi connectivity index (χ4v) is 6.05. The summed E-state index contributed by atoms with van der Waals surface area (Å²) in [4.78, 5) is 18.1. The summed E-state index contributed by atoms with van der Waals surface area (Å²) in [6.45, 7) is 4.99. The molecule has 1 amide bonds. The van der Waals surface area contributed by atoms with Crippen molar-refractivity contribution < 1.29 is 13.9 Å². The van der Waals surface area contributed by atoms with E-state index in [9.17, 15) is 14.4 Å². The van der Waals surface area contributed by atoms with Crippen molar-refractivity contribution in [3.05, 3.63) is 70.3 Å². The molecule has 2 aromatic carbocycles. The number of ether oxygens (including phenoxy) is 1. The second-order valence-electron chi connectivity index (χ2n) is 10.1. The van der Waals surface area contributed by atoms with Crippen molar-refractivity contribution in [2.75, 3.05) is 32.8 Å². The third-order valence-electron chi connectivity index (χ3n) is 8.07. The molecule has 0 N–H and O–H groups in total. The van der Waals surface area contributed by atoms with E-state index in [4.69, 9.17) is 4.74 Å². The van der Waals surface area contributed by atoms with Crippen molar-refractivity contribution in [1.29, 1.82) is 5.26 Å². The SMILES string of the molecule is Cc1c([C@H]2CN3CCN(C(=O)C4CCCc5cc(-n6cnnn6)ccc54)C[C@H]3CO2)ccc(F)c1C#N. The number of halogens is 1. The average molecular weight is 502 g/mol.